The molecule has 0 aliphatic rings. The van der Waals surface area contributed by atoms with Gasteiger partial charge in [0.1, 0.15) is 6.17 Å². The fourth-order valence-corrected chi connectivity index (χ4v) is 3.91. The van der Waals surface area contributed by atoms with Crippen LogP contribution in [0.25, 0.3) is 0 Å². The van der Waals surface area contributed by atoms with Crippen molar-refractivity contribution in [3.05, 3.63) is 30.3 Å². The first-order chi connectivity index (χ1) is 10.8. The highest BCUT2D eigenvalue weighted by atomic mass is 32.2. The summed E-state index contributed by atoms with van der Waals surface area (Å²) in [6.45, 7) is 5.65. The van der Waals surface area contributed by atoms with E-state index in [9.17, 15) is 17.9 Å². The third-order valence-corrected chi connectivity index (χ3v) is 5.59. The van der Waals surface area contributed by atoms with E-state index in [1.54, 1.807) is 18.2 Å². The number of nitrogens with one attached hydrogen (secondary N) is 1. The van der Waals surface area contributed by atoms with Crippen LogP contribution in [-0.4, -0.2) is 31.8 Å². The van der Waals surface area contributed by atoms with Crippen molar-refractivity contribution in [3.8, 4) is 0 Å². The maximum absolute atomic E-state index is 13.8. The minimum atomic E-state index is -3.74. The van der Waals surface area contributed by atoms with Crippen LogP contribution in [0.2, 0.25) is 0 Å². The quantitative estimate of drug-likeness (QED) is 0.684. The van der Waals surface area contributed by atoms with E-state index < -0.39 is 28.3 Å². The van der Waals surface area contributed by atoms with Crippen LogP contribution in [0, 0.1) is 5.92 Å². The summed E-state index contributed by atoms with van der Waals surface area (Å²) in [5.41, 5.74) is 0. The molecule has 0 aliphatic carbocycles. The Morgan fingerprint density at radius 3 is 2.35 bits per heavy atom. The molecule has 0 bridgehead atoms. The smallest absolute Gasteiger partial charge is 0.240 e. The Balaban J connectivity index is 2.90. The molecule has 0 amide bonds. The number of alkyl halides is 1. The average molecular weight is 345 g/mol. The zero-order chi connectivity index (χ0) is 17.5. The van der Waals surface area contributed by atoms with Gasteiger partial charge < -0.3 is 5.11 Å². The monoisotopic (exact) mass is 345 g/mol. The largest absolute Gasteiger partial charge is 0.391 e. The first-order valence-corrected chi connectivity index (χ1v) is 9.69. The Labute approximate surface area is 139 Å². The van der Waals surface area contributed by atoms with E-state index in [-0.39, 0.29) is 17.2 Å². The molecule has 0 saturated carbocycles. The lowest BCUT2D eigenvalue weighted by Crippen LogP contribution is -2.48. The van der Waals surface area contributed by atoms with Crippen LogP contribution in [0.4, 0.5) is 4.39 Å². The van der Waals surface area contributed by atoms with Crippen LogP contribution in [0.1, 0.15) is 46.5 Å². The van der Waals surface area contributed by atoms with E-state index in [4.69, 9.17) is 0 Å². The van der Waals surface area contributed by atoms with Crippen molar-refractivity contribution in [1.29, 1.82) is 0 Å². The molecule has 4 atom stereocenters. The Kier molecular flexibility index (Phi) is 8.16. The Morgan fingerprint density at radius 2 is 1.83 bits per heavy atom. The zero-order valence-electron chi connectivity index (χ0n) is 14.1. The summed E-state index contributed by atoms with van der Waals surface area (Å²) in [7, 11) is -3.74. The lowest BCUT2D eigenvalue weighted by Gasteiger charge is -2.29. The van der Waals surface area contributed by atoms with Crippen molar-refractivity contribution in [2.45, 2.75) is 69.7 Å². The maximum atomic E-state index is 13.8. The molecule has 1 unspecified atom stereocenters. The van der Waals surface area contributed by atoms with Gasteiger partial charge in [0.25, 0.3) is 0 Å². The van der Waals surface area contributed by atoms with Gasteiger partial charge in [-0.25, -0.2) is 17.5 Å². The van der Waals surface area contributed by atoms with E-state index in [0.29, 0.717) is 19.3 Å². The Bertz CT molecular complexity index is 550. The van der Waals surface area contributed by atoms with Gasteiger partial charge in [-0.15, -0.1) is 0 Å². The number of hydrogen-bond acceptors (Lipinski definition) is 3. The SMILES string of the molecule is CCCC(F)C[C@H](O)[C@@H](NS(=O)(=O)c1ccccc1)[C@@H](C)CC. The molecule has 1 aromatic rings. The highest BCUT2D eigenvalue weighted by Gasteiger charge is 2.31. The van der Waals surface area contributed by atoms with E-state index in [0.717, 1.165) is 0 Å². The van der Waals surface area contributed by atoms with Crippen molar-refractivity contribution in [3.63, 3.8) is 0 Å². The fraction of sp³-hybridized carbons (Fsp3) is 0.647. The minimum Gasteiger partial charge on any atom is -0.391 e. The molecule has 132 valence electrons. The molecule has 0 aliphatic heterocycles. The molecule has 0 saturated heterocycles. The van der Waals surface area contributed by atoms with Crippen molar-refractivity contribution in [2.75, 3.05) is 0 Å². The number of aliphatic hydroxyl groups excluding tert-OH is 1. The molecule has 0 radical (unpaired) electrons. The second-order valence-electron chi connectivity index (χ2n) is 6.03. The van der Waals surface area contributed by atoms with Crippen LogP contribution < -0.4 is 4.72 Å². The number of sulfonamides is 1. The highest BCUT2D eigenvalue weighted by molar-refractivity contribution is 7.89. The lowest BCUT2D eigenvalue weighted by molar-refractivity contribution is 0.0745. The van der Waals surface area contributed by atoms with Gasteiger partial charge in [-0.3, -0.25) is 0 Å². The van der Waals surface area contributed by atoms with Crippen molar-refractivity contribution in [2.24, 2.45) is 5.92 Å². The third kappa shape index (κ3) is 6.20. The molecule has 1 rings (SSSR count). The highest BCUT2D eigenvalue weighted by Crippen LogP contribution is 2.20. The van der Waals surface area contributed by atoms with Crippen molar-refractivity contribution in [1.82, 2.24) is 4.72 Å². The van der Waals surface area contributed by atoms with Crippen LogP contribution in [0.15, 0.2) is 35.2 Å². The van der Waals surface area contributed by atoms with Crippen molar-refractivity contribution >= 4 is 10.0 Å². The topological polar surface area (TPSA) is 66.4 Å². The number of hydrogen-bond donors (Lipinski definition) is 2. The van der Waals surface area contributed by atoms with Gasteiger partial charge in [-0.2, -0.15) is 0 Å². The van der Waals surface area contributed by atoms with E-state index in [2.05, 4.69) is 4.72 Å². The van der Waals surface area contributed by atoms with Gasteiger partial charge in [0.2, 0.25) is 10.0 Å². The molecule has 23 heavy (non-hydrogen) atoms. The first-order valence-electron chi connectivity index (χ1n) is 8.21. The van der Waals surface area contributed by atoms with Crippen LogP contribution in [-0.2, 0) is 10.0 Å². The molecule has 0 aromatic heterocycles. The minimum absolute atomic E-state index is 0.0554. The second-order valence-corrected chi connectivity index (χ2v) is 7.75. The fourth-order valence-electron chi connectivity index (χ4n) is 2.51. The summed E-state index contributed by atoms with van der Waals surface area (Å²) in [6, 6.07) is 7.30. The summed E-state index contributed by atoms with van der Waals surface area (Å²) in [6.07, 6.45) is -0.482. The van der Waals surface area contributed by atoms with Crippen LogP contribution in [0.3, 0.4) is 0 Å². The van der Waals surface area contributed by atoms with Crippen LogP contribution in [0.5, 0.6) is 0 Å². The first kappa shape index (κ1) is 20.1. The Hall–Kier alpha value is -0.980. The second kappa shape index (κ2) is 9.35. The molecular formula is C17H28FNO3S. The summed E-state index contributed by atoms with van der Waals surface area (Å²) in [5.74, 6) is -0.0997. The zero-order valence-corrected chi connectivity index (χ0v) is 14.9. The van der Waals surface area contributed by atoms with E-state index in [1.165, 1.54) is 12.1 Å². The van der Waals surface area contributed by atoms with Gasteiger partial charge in [0.15, 0.2) is 0 Å². The summed E-state index contributed by atoms with van der Waals surface area (Å²) in [5, 5.41) is 10.4. The van der Waals surface area contributed by atoms with Gasteiger partial charge in [0, 0.05) is 6.42 Å². The lowest BCUT2D eigenvalue weighted by atomic mass is 9.92. The number of benzene rings is 1. The molecule has 4 nitrogen and oxygen atoms in total. The van der Waals surface area contributed by atoms with Gasteiger partial charge in [0.05, 0.1) is 17.0 Å². The Morgan fingerprint density at radius 1 is 1.22 bits per heavy atom. The predicted molar refractivity (Wildman–Crippen MR) is 90.4 cm³/mol. The number of aliphatic hydroxyl groups is 1. The average Bonchev–Trinajstić information content (AvgIpc) is 2.52. The molecular weight excluding hydrogens is 317 g/mol. The standard InChI is InChI=1S/C17H28FNO3S/c1-4-9-14(18)12-16(20)17(13(3)5-2)19-23(21,22)15-10-7-6-8-11-15/h6-8,10-11,13-14,16-17,19-20H,4-5,9,12H2,1-3H3/t13-,14?,16-,17-/m0/s1. The van der Waals surface area contributed by atoms with Gasteiger partial charge in [-0.05, 0) is 24.5 Å². The number of rotatable bonds is 10. The maximum Gasteiger partial charge on any atom is 0.240 e. The molecule has 1 aromatic carbocycles. The van der Waals surface area contributed by atoms with Gasteiger partial charge in [-0.1, -0.05) is 51.8 Å². The predicted octanol–water partition coefficient (Wildman–Crippen LogP) is 3.27. The molecule has 0 fully saturated rings. The summed E-state index contributed by atoms with van der Waals surface area (Å²) >= 11 is 0. The van der Waals surface area contributed by atoms with E-state index >= 15 is 0 Å². The van der Waals surface area contributed by atoms with E-state index in [1.807, 2.05) is 20.8 Å². The molecule has 6 heteroatoms. The third-order valence-electron chi connectivity index (χ3n) is 4.12. The van der Waals surface area contributed by atoms with Gasteiger partial charge >= 0.3 is 0 Å². The summed E-state index contributed by atoms with van der Waals surface area (Å²) < 4.78 is 41.3. The molecule has 2 N–H and O–H groups in total. The molecule has 0 heterocycles. The molecule has 0 spiro atoms. The summed E-state index contributed by atoms with van der Waals surface area (Å²) in [4.78, 5) is 0.144. The van der Waals surface area contributed by atoms with Crippen molar-refractivity contribution < 1.29 is 17.9 Å². The number of halogens is 1. The normalized spacial score (nSPS) is 17.4. The van der Waals surface area contributed by atoms with Crippen LogP contribution >= 0.6 is 0 Å².